The van der Waals surface area contributed by atoms with E-state index in [1.165, 1.54) is 19.1 Å². The molecule has 0 spiro atoms. The lowest BCUT2D eigenvalue weighted by molar-refractivity contribution is -0.386. The molecule has 2 aromatic rings. The van der Waals surface area contributed by atoms with Crippen LogP contribution in [0.15, 0.2) is 48.5 Å². The van der Waals surface area contributed by atoms with Crippen molar-refractivity contribution in [1.82, 2.24) is 10.9 Å². The van der Waals surface area contributed by atoms with E-state index in [2.05, 4.69) is 10.9 Å². The van der Waals surface area contributed by atoms with Crippen molar-refractivity contribution >= 4 is 17.5 Å². The number of amides is 2. The van der Waals surface area contributed by atoms with Gasteiger partial charge in [0.05, 0.1) is 4.92 Å². The van der Waals surface area contributed by atoms with E-state index >= 15 is 0 Å². The second kappa shape index (κ2) is 7.91. The third kappa shape index (κ3) is 4.77. The Balaban J connectivity index is 1.97. The Bertz CT molecular complexity index is 792. The molecule has 2 aromatic carbocycles. The summed E-state index contributed by atoms with van der Waals surface area (Å²) in [6.45, 7) is 3.14. The molecule has 0 unspecified atom stereocenters. The maximum absolute atomic E-state index is 12.0. The van der Waals surface area contributed by atoms with Gasteiger partial charge in [-0.25, -0.2) is 0 Å². The maximum Gasteiger partial charge on any atom is 0.311 e. The lowest BCUT2D eigenvalue weighted by Crippen LogP contribution is -2.47. The SMILES string of the molecule is Cc1ccc(O[C@@H](C)C(=O)NNC(=O)c2ccccc2)c([N+](=O)[O-])c1. The predicted octanol–water partition coefficient (Wildman–Crippen LogP) is 2.13. The van der Waals surface area contributed by atoms with E-state index in [0.29, 0.717) is 11.1 Å². The summed E-state index contributed by atoms with van der Waals surface area (Å²) in [6.07, 6.45) is -1.04. The summed E-state index contributed by atoms with van der Waals surface area (Å²) in [7, 11) is 0. The molecule has 0 saturated carbocycles. The fourth-order valence-electron chi connectivity index (χ4n) is 2.00. The number of hydrogen-bond donors (Lipinski definition) is 2. The first-order chi connectivity index (χ1) is 11.9. The molecule has 25 heavy (non-hydrogen) atoms. The van der Waals surface area contributed by atoms with Gasteiger partial charge in [-0.1, -0.05) is 24.3 Å². The fourth-order valence-corrected chi connectivity index (χ4v) is 2.00. The number of nitro benzene ring substituents is 1. The molecule has 8 nitrogen and oxygen atoms in total. The molecule has 0 radical (unpaired) electrons. The number of rotatable bonds is 5. The second-order valence-corrected chi connectivity index (χ2v) is 5.30. The second-order valence-electron chi connectivity index (χ2n) is 5.30. The summed E-state index contributed by atoms with van der Waals surface area (Å²) in [5, 5.41) is 11.1. The zero-order valence-electron chi connectivity index (χ0n) is 13.7. The van der Waals surface area contributed by atoms with Crippen LogP contribution in [0.25, 0.3) is 0 Å². The zero-order chi connectivity index (χ0) is 18.4. The number of nitrogens with one attached hydrogen (secondary N) is 2. The Morgan fingerprint density at radius 2 is 1.80 bits per heavy atom. The van der Waals surface area contributed by atoms with Crippen LogP contribution in [0.5, 0.6) is 5.75 Å². The highest BCUT2D eigenvalue weighted by Crippen LogP contribution is 2.28. The van der Waals surface area contributed by atoms with Gasteiger partial charge in [-0.05, 0) is 37.6 Å². The standard InChI is InChI=1S/C17H17N3O5/c1-11-8-9-15(14(10-11)20(23)24)25-12(2)16(21)18-19-17(22)13-6-4-3-5-7-13/h3-10,12H,1-2H3,(H,18,21)(H,19,22)/t12-/m0/s1. The van der Waals surface area contributed by atoms with Crippen molar-refractivity contribution in [3.8, 4) is 5.75 Å². The van der Waals surface area contributed by atoms with E-state index in [1.54, 1.807) is 43.3 Å². The van der Waals surface area contributed by atoms with Gasteiger partial charge in [0.2, 0.25) is 0 Å². The molecule has 0 aliphatic rings. The Morgan fingerprint density at radius 3 is 2.44 bits per heavy atom. The third-order valence-corrected chi connectivity index (χ3v) is 3.32. The van der Waals surface area contributed by atoms with Gasteiger partial charge in [0.25, 0.3) is 11.8 Å². The minimum atomic E-state index is -1.04. The van der Waals surface area contributed by atoms with Gasteiger partial charge in [-0.2, -0.15) is 0 Å². The highest BCUT2D eigenvalue weighted by molar-refractivity contribution is 5.95. The van der Waals surface area contributed by atoms with Crippen LogP contribution in [-0.4, -0.2) is 22.8 Å². The molecule has 2 N–H and O–H groups in total. The van der Waals surface area contributed by atoms with Crippen LogP contribution in [0.1, 0.15) is 22.8 Å². The van der Waals surface area contributed by atoms with Crippen LogP contribution in [0.2, 0.25) is 0 Å². The van der Waals surface area contributed by atoms with Crippen LogP contribution in [0.3, 0.4) is 0 Å². The smallest absolute Gasteiger partial charge is 0.311 e. The van der Waals surface area contributed by atoms with Gasteiger partial charge in [-0.15, -0.1) is 0 Å². The van der Waals surface area contributed by atoms with E-state index in [0.717, 1.165) is 0 Å². The normalized spacial score (nSPS) is 11.3. The highest BCUT2D eigenvalue weighted by atomic mass is 16.6. The Morgan fingerprint density at radius 1 is 1.12 bits per heavy atom. The van der Waals surface area contributed by atoms with Crippen LogP contribution in [0, 0.1) is 17.0 Å². The number of hydrazine groups is 1. The van der Waals surface area contributed by atoms with E-state index < -0.39 is 22.8 Å². The number of nitro groups is 1. The molecular formula is C17H17N3O5. The van der Waals surface area contributed by atoms with Gasteiger partial charge in [-0.3, -0.25) is 30.6 Å². The van der Waals surface area contributed by atoms with Gasteiger partial charge >= 0.3 is 5.69 Å². The first-order valence-electron chi connectivity index (χ1n) is 7.45. The van der Waals surface area contributed by atoms with Crippen molar-refractivity contribution in [3.63, 3.8) is 0 Å². The lowest BCUT2D eigenvalue weighted by Gasteiger charge is -2.15. The van der Waals surface area contributed by atoms with E-state index in [-0.39, 0.29) is 11.4 Å². The molecule has 0 aliphatic carbocycles. The molecule has 0 heterocycles. The molecule has 0 aromatic heterocycles. The molecule has 2 amide bonds. The lowest BCUT2D eigenvalue weighted by atomic mass is 10.2. The van der Waals surface area contributed by atoms with Gasteiger partial charge in [0.1, 0.15) is 0 Å². The molecule has 8 heteroatoms. The molecular weight excluding hydrogens is 326 g/mol. The Kier molecular flexibility index (Phi) is 5.67. The summed E-state index contributed by atoms with van der Waals surface area (Å²) in [5.41, 5.74) is 5.34. The Labute approximate surface area is 143 Å². The average Bonchev–Trinajstić information content (AvgIpc) is 2.61. The van der Waals surface area contributed by atoms with E-state index in [4.69, 9.17) is 4.74 Å². The van der Waals surface area contributed by atoms with Gasteiger partial charge in [0.15, 0.2) is 11.9 Å². The van der Waals surface area contributed by atoms with Crippen molar-refractivity contribution in [1.29, 1.82) is 0 Å². The largest absolute Gasteiger partial charge is 0.474 e. The summed E-state index contributed by atoms with van der Waals surface area (Å²) in [5.74, 6) is -1.14. The molecule has 0 bridgehead atoms. The fraction of sp³-hybridized carbons (Fsp3) is 0.176. The van der Waals surface area contributed by atoms with Crippen molar-refractivity contribution < 1.29 is 19.2 Å². The van der Waals surface area contributed by atoms with Gasteiger partial charge < -0.3 is 4.74 Å². The number of nitrogens with zero attached hydrogens (tertiary/aromatic N) is 1. The van der Waals surface area contributed by atoms with Crippen LogP contribution < -0.4 is 15.6 Å². The molecule has 1 atom stereocenters. The Hall–Kier alpha value is -3.42. The van der Waals surface area contributed by atoms with Crippen LogP contribution >= 0.6 is 0 Å². The van der Waals surface area contributed by atoms with Crippen LogP contribution in [0.4, 0.5) is 5.69 Å². The maximum atomic E-state index is 12.0. The summed E-state index contributed by atoms with van der Waals surface area (Å²) >= 11 is 0. The van der Waals surface area contributed by atoms with Gasteiger partial charge in [0, 0.05) is 11.6 Å². The topological polar surface area (TPSA) is 111 Å². The number of carbonyl (C=O) groups is 2. The molecule has 2 rings (SSSR count). The molecule has 130 valence electrons. The highest BCUT2D eigenvalue weighted by Gasteiger charge is 2.21. The average molecular weight is 343 g/mol. The third-order valence-electron chi connectivity index (χ3n) is 3.32. The minimum Gasteiger partial charge on any atom is -0.474 e. The molecule has 0 saturated heterocycles. The zero-order valence-corrected chi connectivity index (χ0v) is 13.7. The monoisotopic (exact) mass is 343 g/mol. The number of aryl methyl sites for hydroxylation is 1. The van der Waals surface area contributed by atoms with E-state index in [1.807, 2.05) is 0 Å². The molecule has 0 fully saturated rings. The first-order valence-corrected chi connectivity index (χ1v) is 7.45. The summed E-state index contributed by atoms with van der Waals surface area (Å²) in [4.78, 5) is 34.4. The van der Waals surface area contributed by atoms with Crippen molar-refractivity contribution in [2.45, 2.75) is 20.0 Å². The summed E-state index contributed by atoms with van der Waals surface area (Å²) in [6, 6.07) is 12.8. The van der Waals surface area contributed by atoms with Crippen LogP contribution in [-0.2, 0) is 4.79 Å². The predicted molar refractivity (Wildman–Crippen MR) is 90.0 cm³/mol. The van der Waals surface area contributed by atoms with Crippen molar-refractivity contribution in [2.24, 2.45) is 0 Å². The quantitative estimate of drug-likeness (QED) is 0.638. The number of benzene rings is 2. The summed E-state index contributed by atoms with van der Waals surface area (Å²) < 4.78 is 5.36. The minimum absolute atomic E-state index is 0.0207. The number of carbonyl (C=O) groups excluding carboxylic acids is 2. The van der Waals surface area contributed by atoms with Crippen molar-refractivity contribution in [2.75, 3.05) is 0 Å². The number of hydrogen-bond acceptors (Lipinski definition) is 5. The van der Waals surface area contributed by atoms with Crippen molar-refractivity contribution in [3.05, 3.63) is 69.8 Å². The first kappa shape index (κ1) is 17.9. The molecule has 0 aliphatic heterocycles. The number of ether oxygens (including phenoxy) is 1. The van der Waals surface area contributed by atoms with E-state index in [9.17, 15) is 19.7 Å².